The molecule has 2 aromatic heterocycles. The summed E-state index contributed by atoms with van der Waals surface area (Å²) in [5.41, 5.74) is 1.79. The molecule has 2 N–H and O–H groups in total. The number of pyridine rings is 1. The number of anilines is 2. The Balaban J connectivity index is 2.21. The number of aryl methyl sites for hydroxylation is 1. The average molecular weight is 218 g/mol. The fraction of sp³-hybridized carbons (Fsp3) is 0.0909. The van der Waals surface area contributed by atoms with E-state index in [-0.39, 0.29) is 5.76 Å². The van der Waals surface area contributed by atoms with Gasteiger partial charge in [0.05, 0.1) is 11.9 Å². The molecule has 0 amide bonds. The van der Waals surface area contributed by atoms with Gasteiger partial charge >= 0.3 is 5.97 Å². The number of hydrogen-bond donors (Lipinski definition) is 2. The normalized spacial score (nSPS) is 10.1. The predicted molar refractivity (Wildman–Crippen MR) is 57.9 cm³/mol. The van der Waals surface area contributed by atoms with Gasteiger partial charge in [-0.25, -0.2) is 4.79 Å². The largest absolute Gasteiger partial charge is 0.475 e. The molecule has 0 saturated carbocycles. The highest BCUT2D eigenvalue weighted by molar-refractivity contribution is 5.85. The molecule has 0 aromatic carbocycles. The molecule has 5 nitrogen and oxygen atoms in total. The van der Waals surface area contributed by atoms with Crippen molar-refractivity contribution in [2.24, 2.45) is 0 Å². The van der Waals surface area contributed by atoms with Crippen molar-refractivity contribution in [1.29, 1.82) is 0 Å². The predicted octanol–water partition coefficient (Wildman–Crippen LogP) is 2.42. The topological polar surface area (TPSA) is 75.4 Å². The molecule has 2 rings (SSSR count). The molecule has 0 aliphatic rings. The summed E-state index contributed by atoms with van der Waals surface area (Å²) in [6, 6.07) is 4.82. The molecular formula is C11H10N2O3. The van der Waals surface area contributed by atoms with Crippen molar-refractivity contribution >= 4 is 17.5 Å². The molecule has 0 atom stereocenters. The van der Waals surface area contributed by atoms with E-state index >= 15 is 0 Å². The quantitative estimate of drug-likeness (QED) is 0.827. The van der Waals surface area contributed by atoms with E-state index in [1.165, 1.54) is 6.07 Å². The minimum atomic E-state index is -1.09. The lowest BCUT2D eigenvalue weighted by molar-refractivity contribution is 0.0663. The van der Waals surface area contributed by atoms with Crippen LogP contribution in [0.1, 0.15) is 16.1 Å². The van der Waals surface area contributed by atoms with Crippen molar-refractivity contribution in [1.82, 2.24) is 4.98 Å². The molecule has 0 radical (unpaired) electrons. The van der Waals surface area contributed by atoms with Crippen molar-refractivity contribution < 1.29 is 14.3 Å². The molecule has 82 valence electrons. The van der Waals surface area contributed by atoms with Gasteiger partial charge in [0.2, 0.25) is 5.76 Å². The van der Waals surface area contributed by atoms with Crippen LogP contribution in [0.4, 0.5) is 11.6 Å². The average Bonchev–Trinajstić information content (AvgIpc) is 2.70. The van der Waals surface area contributed by atoms with Gasteiger partial charge in [-0.15, -0.1) is 0 Å². The lowest BCUT2D eigenvalue weighted by Crippen LogP contribution is -1.94. The number of rotatable bonds is 3. The fourth-order valence-corrected chi connectivity index (χ4v) is 1.25. The Morgan fingerprint density at radius 1 is 1.44 bits per heavy atom. The second-order valence-electron chi connectivity index (χ2n) is 3.28. The van der Waals surface area contributed by atoms with Crippen LogP contribution in [0.25, 0.3) is 0 Å². The van der Waals surface area contributed by atoms with E-state index in [4.69, 9.17) is 9.52 Å². The number of nitrogens with one attached hydrogen (secondary N) is 1. The lowest BCUT2D eigenvalue weighted by Gasteiger charge is -2.04. The fourth-order valence-electron chi connectivity index (χ4n) is 1.25. The first-order chi connectivity index (χ1) is 7.66. The number of aromatic carboxylic acids is 1. The van der Waals surface area contributed by atoms with Gasteiger partial charge in [0.25, 0.3) is 0 Å². The molecule has 0 unspecified atom stereocenters. The summed E-state index contributed by atoms with van der Waals surface area (Å²) in [4.78, 5) is 14.6. The summed E-state index contributed by atoms with van der Waals surface area (Å²) in [5, 5.41) is 11.6. The Morgan fingerprint density at radius 2 is 2.25 bits per heavy atom. The van der Waals surface area contributed by atoms with Crippen LogP contribution in [0, 0.1) is 6.92 Å². The number of furan rings is 1. The summed E-state index contributed by atoms with van der Waals surface area (Å²) < 4.78 is 5.07. The van der Waals surface area contributed by atoms with Gasteiger partial charge in [-0.1, -0.05) is 0 Å². The van der Waals surface area contributed by atoms with Crippen molar-refractivity contribution in [2.75, 3.05) is 5.32 Å². The van der Waals surface area contributed by atoms with E-state index in [1.54, 1.807) is 18.5 Å². The molecular weight excluding hydrogens is 208 g/mol. The standard InChI is InChI=1S/C11H10N2O3/c1-7-4-5-12-6-8(7)13-10-3-2-9(16-10)11(14)15/h2-6,13H,1H3,(H,14,15). The number of carboxylic acid groups (broad SMARTS) is 1. The Bertz CT molecular complexity index is 519. The Kier molecular flexibility index (Phi) is 2.59. The third-order valence-electron chi connectivity index (χ3n) is 2.11. The molecule has 0 spiro atoms. The number of aromatic nitrogens is 1. The SMILES string of the molecule is Cc1ccncc1Nc1ccc(C(=O)O)o1. The van der Waals surface area contributed by atoms with Gasteiger partial charge < -0.3 is 14.8 Å². The van der Waals surface area contributed by atoms with Crippen LogP contribution in [0.2, 0.25) is 0 Å². The van der Waals surface area contributed by atoms with E-state index in [9.17, 15) is 4.79 Å². The van der Waals surface area contributed by atoms with Crippen LogP contribution >= 0.6 is 0 Å². The molecule has 0 bridgehead atoms. The molecule has 2 aromatic rings. The van der Waals surface area contributed by atoms with Gasteiger partial charge in [-0.2, -0.15) is 0 Å². The number of carbonyl (C=O) groups is 1. The van der Waals surface area contributed by atoms with Crippen LogP contribution in [-0.2, 0) is 0 Å². The van der Waals surface area contributed by atoms with Gasteiger partial charge in [0, 0.05) is 12.3 Å². The van der Waals surface area contributed by atoms with Crippen LogP contribution in [0.15, 0.2) is 35.0 Å². The van der Waals surface area contributed by atoms with Crippen LogP contribution < -0.4 is 5.32 Å². The maximum Gasteiger partial charge on any atom is 0.371 e. The third-order valence-corrected chi connectivity index (χ3v) is 2.11. The van der Waals surface area contributed by atoms with E-state index in [2.05, 4.69) is 10.3 Å². The van der Waals surface area contributed by atoms with Gasteiger partial charge in [0.1, 0.15) is 0 Å². The zero-order chi connectivity index (χ0) is 11.5. The number of carboxylic acids is 1. The van der Waals surface area contributed by atoms with E-state index in [0.717, 1.165) is 11.3 Å². The lowest BCUT2D eigenvalue weighted by atomic mass is 10.2. The molecule has 0 aliphatic heterocycles. The van der Waals surface area contributed by atoms with Crippen molar-refractivity contribution in [3.05, 3.63) is 41.9 Å². The van der Waals surface area contributed by atoms with Crippen LogP contribution in [0.5, 0.6) is 0 Å². The molecule has 0 saturated heterocycles. The first-order valence-electron chi connectivity index (χ1n) is 4.67. The van der Waals surface area contributed by atoms with E-state index in [1.807, 2.05) is 13.0 Å². The third kappa shape index (κ3) is 2.03. The van der Waals surface area contributed by atoms with E-state index < -0.39 is 5.97 Å². The zero-order valence-electron chi connectivity index (χ0n) is 8.60. The summed E-state index contributed by atoms with van der Waals surface area (Å²) in [7, 11) is 0. The Labute approximate surface area is 91.7 Å². The van der Waals surface area contributed by atoms with Crippen molar-refractivity contribution in [2.45, 2.75) is 6.92 Å². The summed E-state index contributed by atoms with van der Waals surface area (Å²) >= 11 is 0. The maximum atomic E-state index is 10.6. The first kappa shape index (κ1) is 10.2. The van der Waals surface area contributed by atoms with Gasteiger partial charge in [-0.3, -0.25) is 4.98 Å². The number of nitrogens with zero attached hydrogens (tertiary/aromatic N) is 1. The van der Waals surface area contributed by atoms with Crippen LogP contribution in [-0.4, -0.2) is 16.1 Å². The summed E-state index contributed by atoms with van der Waals surface area (Å²) in [6.45, 7) is 1.92. The highest BCUT2D eigenvalue weighted by Gasteiger charge is 2.09. The Hall–Kier alpha value is -2.30. The molecule has 0 aliphatic carbocycles. The van der Waals surface area contributed by atoms with Crippen molar-refractivity contribution in [3.8, 4) is 0 Å². The Morgan fingerprint density at radius 3 is 2.88 bits per heavy atom. The zero-order valence-corrected chi connectivity index (χ0v) is 8.60. The highest BCUT2D eigenvalue weighted by Crippen LogP contribution is 2.21. The monoisotopic (exact) mass is 218 g/mol. The minimum Gasteiger partial charge on any atom is -0.475 e. The smallest absolute Gasteiger partial charge is 0.371 e. The van der Waals surface area contributed by atoms with E-state index in [0.29, 0.717) is 5.88 Å². The second-order valence-corrected chi connectivity index (χ2v) is 3.28. The summed E-state index contributed by atoms with van der Waals surface area (Å²) in [5.74, 6) is -0.798. The van der Waals surface area contributed by atoms with Gasteiger partial charge in [-0.05, 0) is 24.6 Å². The highest BCUT2D eigenvalue weighted by atomic mass is 16.4. The van der Waals surface area contributed by atoms with Gasteiger partial charge in [0.15, 0.2) is 5.88 Å². The maximum absolute atomic E-state index is 10.6. The second kappa shape index (κ2) is 4.06. The molecule has 2 heterocycles. The minimum absolute atomic E-state index is 0.0935. The number of hydrogen-bond acceptors (Lipinski definition) is 4. The summed E-state index contributed by atoms with van der Waals surface area (Å²) in [6.07, 6.45) is 3.34. The first-order valence-corrected chi connectivity index (χ1v) is 4.67. The molecule has 16 heavy (non-hydrogen) atoms. The molecule has 5 heteroatoms. The van der Waals surface area contributed by atoms with Crippen molar-refractivity contribution in [3.63, 3.8) is 0 Å². The van der Waals surface area contributed by atoms with Crippen LogP contribution in [0.3, 0.4) is 0 Å². The molecule has 0 fully saturated rings.